The Morgan fingerprint density at radius 3 is 2.94 bits per heavy atom. The quantitative estimate of drug-likeness (QED) is 0.821. The Labute approximate surface area is 95.2 Å². The summed E-state index contributed by atoms with van der Waals surface area (Å²) in [6.07, 6.45) is 2.04. The summed E-state index contributed by atoms with van der Waals surface area (Å²) in [5, 5.41) is 15.7. The molecule has 17 heavy (non-hydrogen) atoms. The minimum atomic E-state index is -1.12. The highest BCUT2D eigenvalue weighted by molar-refractivity contribution is 5.84. The van der Waals surface area contributed by atoms with Crippen LogP contribution in [-0.4, -0.2) is 21.3 Å². The molecule has 0 spiro atoms. The molecule has 0 saturated carbocycles. The fraction of sp³-hybridized carbons (Fsp3) is 0. The summed E-state index contributed by atoms with van der Waals surface area (Å²) in [6.45, 7) is 0. The number of aliphatic carboxylic acids is 1. The second-order valence-corrected chi connectivity index (χ2v) is 3.13. The molecular formula is C11H7FN2O3. The highest BCUT2D eigenvalue weighted by atomic mass is 19.1. The summed E-state index contributed by atoms with van der Waals surface area (Å²) >= 11 is 0. The van der Waals surface area contributed by atoms with E-state index >= 15 is 0 Å². The van der Waals surface area contributed by atoms with Crippen molar-refractivity contribution in [2.75, 3.05) is 0 Å². The normalized spacial score (nSPS) is 10.9. The van der Waals surface area contributed by atoms with Crippen LogP contribution in [0.25, 0.3) is 17.5 Å². The summed E-state index contributed by atoms with van der Waals surface area (Å²) in [6, 6.07) is 5.67. The molecule has 0 unspecified atom stereocenters. The maximum absolute atomic E-state index is 12.9. The molecule has 0 fully saturated rings. The number of nitrogens with zero attached hydrogens (tertiary/aromatic N) is 2. The number of aromatic nitrogens is 2. The van der Waals surface area contributed by atoms with Crippen molar-refractivity contribution in [3.63, 3.8) is 0 Å². The third-order valence-electron chi connectivity index (χ3n) is 1.88. The molecule has 1 aromatic carbocycles. The van der Waals surface area contributed by atoms with E-state index < -0.39 is 11.8 Å². The maximum Gasteiger partial charge on any atom is 0.328 e. The van der Waals surface area contributed by atoms with Crippen LogP contribution in [0.2, 0.25) is 0 Å². The Hall–Kier alpha value is -2.50. The number of benzene rings is 1. The van der Waals surface area contributed by atoms with Crippen LogP contribution in [0.5, 0.6) is 0 Å². The predicted molar refractivity (Wildman–Crippen MR) is 56.4 cm³/mol. The summed E-state index contributed by atoms with van der Waals surface area (Å²) in [7, 11) is 0. The largest absolute Gasteiger partial charge is 0.478 e. The van der Waals surface area contributed by atoms with Crippen molar-refractivity contribution in [3.8, 4) is 11.5 Å². The zero-order chi connectivity index (χ0) is 12.3. The van der Waals surface area contributed by atoms with Gasteiger partial charge in [-0.1, -0.05) is 6.07 Å². The van der Waals surface area contributed by atoms with Crippen LogP contribution in [0.1, 0.15) is 5.89 Å². The van der Waals surface area contributed by atoms with Gasteiger partial charge in [-0.3, -0.25) is 0 Å². The van der Waals surface area contributed by atoms with Crippen LogP contribution in [-0.2, 0) is 4.79 Å². The molecule has 1 aromatic heterocycles. The standard InChI is InChI=1S/C11H7FN2O3/c12-8-3-1-2-7(6-8)11-14-13-9(17-11)4-5-10(15)16/h1-6H,(H,15,16)/b5-4+. The van der Waals surface area contributed by atoms with Crippen molar-refractivity contribution in [3.05, 3.63) is 42.0 Å². The molecule has 2 aromatic rings. The van der Waals surface area contributed by atoms with Crippen LogP contribution < -0.4 is 0 Å². The van der Waals surface area contributed by atoms with E-state index in [0.29, 0.717) is 5.56 Å². The summed E-state index contributed by atoms with van der Waals surface area (Å²) in [5.74, 6) is -1.35. The maximum atomic E-state index is 12.9. The monoisotopic (exact) mass is 234 g/mol. The van der Waals surface area contributed by atoms with Gasteiger partial charge in [0.15, 0.2) is 0 Å². The number of carboxylic acids is 1. The highest BCUT2D eigenvalue weighted by Gasteiger charge is 2.07. The second kappa shape index (κ2) is 4.56. The Morgan fingerprint density at radius 1 is 1.41 bits per heavy atom. The second-order valence-electron chi connectivity index (χ2n) is 3.13. The molecule has 0 atom stereocenters. The van der Waals surface area contributed by atoms with Gasteiger partial charge in [0.2, 0.25) is 11.8 Å². The van der Waals surface area contributed by atoms with Gasteiger partial charge in [-0.2, -0.15) is 0 Å². The lowest BCUT2D eigenvalue weighted by Gasteiger charge is -1.93. The number of carbonyl (C=O) groups is 1. The Kier molecular flexibility index (Phi) is 2.95. The summed E-state index contributed by atoms with van der Waals surface area (Å²) in [5.41, 5.74) is 0.437. The first kappa shape index (κ1) is 11.0. The minimum absolute atomic E-state index is 0.0478. The van der Waals surface area contributed by atoms with Gasteiger partial charge in [0, 0.05) is 17.7 Å². The van der Waals surface area contributed by atoms with E-state index in [1.807, 2.05) is 0 Å². The lowest BCUT2D eigenvalue weighted by atomic mass is 10.2. The number of halogens is 1. The van der Waals surface area contributed by atoms with Crippen LogP contribution >= 0.6 is 0 Å². The van der Waals surface area contributed by atoms with Gasteiger partial charge < -0.3 is 9.52 Å². The topological polar surface area (TPSA) is 76.2 Å². The zero-order valence-electron chi connectivity index (χ0n) is 8.50. The molecule has 0 aliphatic carbocycles. The van der Waals surface area contributed by atoms with Gasteiger partial charge in [-0.15, -0.1) is 10.2 Å². The van der Waals surface area contributed by atoms with Gasteiger partial charge in [0.25, 0.3) is 0 Å². The molecule has 0 aliphatic rings. The van der Waals surface area contributed by atoms with Gasteiger partial charge in [0.05, 0.1) is 0 Å². The highest BCUT2D eigenvalue weighted by Crippen LogP contribution is 2.18. The smallest absolute Gasteiger partial charge is 0.328 e. The van der Waals surface area contributed by atoms with E-state index in [2.05, 4.69) is 10.2 Å². The number of carboxylic acid groups (broad SMARTS) is 1. The molecular weight excluding hydrogens is 227 g/mol. The van der Waals surface area contributed by atoms with Crippen molar-refractivity contribution in [2.45, 2.75) is 0 Å². The van der Waals surface area contributed by atoms with Crippen molar-refractivity contribution in [1.82, 2.24) is 10.2 Å². The Morgan fingerprint density at radius 2 is 2.24 bits per heavy atom. The Balaban J connectivity index is 2.27. The number of hydrogen-bond donors (Lipinski definition) is 1. The summed E-state index contributed by atoms with van der Waals surface area (Å²) in [4.78, 5) is 10.3. The molecule has 1 N–H and O–H groups in total. The first-order valence-electron chi connectivity index (χ1n) is 4.65. The van der Waals surface area contributed by atoms with Crippen molar-refractivity contribution in [1.29, 1.82) is 0 Å². The first-order valence-corrected chi connectivity index (χ1v) is 4.65. The molecule has 0 aliphatic heterocycles. The molecule has 1 heterocycles. The minimum Gasteiger partial charge on any atom is -0.478 e. The SMILES string of the molecule is O=C(O)/C=C/c1nnc(-c2cccc(F)c2)o1. The number of rotatable bonds is 3. The van der Waals surface area contributed by atoms with Crippen LogP contribution in [0.4, 0.5) is 4.39 Å². The third kappa shape index (κ3) is 2.75. The van der Waals surface area contributed by atoms with E-state index in [-0.39, 0.29) is 11.8 Å². The lowest BCUT2D eigenvalue weighted by molar-refractivity contribution is -0.131. The van der Waals surface area contributed by atoms with Crippen molar-refractivity contribution < 1.29 is 18.7 Å². The molecule has 0 saturated heterocycles. The lowest BCUT2D eigenvalue weighted by Crippen LogP contribution is -1.85. The zero-order valence-corrected chi connectivity index (χ0v) is 8.50. The average molecular weight is 234 g/mol. The first-order chi connectivity index (χ1) is 8.15. The molecule has 6 heteroatoms. The van der Waals surface area contributed by atoms with Crippen LogP contribution in [0.3, 0.4) is 0 Å². The van der Waals surface area contributed by atoms with E-state index in [1.54, 1.807) is 6.07 Å². The van der Waals surface area contributed by atoms with E-state index in [9.17, 15) is 9.18 Å². The molecule has 0 amide bonds. The van der Waals surface area contributed by atoms with Crippen LogP contribution in [0.15, 0.2) is 34.8 Å². The van der Waals surface area contributed by atoms with Gasteiger partial charge >= 0.3 is 5.97 Å². The molecule has 0 bridgehead atoms. The van der Waals surface area contributed by atoms with Gasteiger partial charge in [-0.25, -0.2) is 9.18 Å². The van der Waals surface area contributed by atoms with Crippen LogP contribution in [0, 0.1) is 5.82 Å². The molecule has 0 radical (unpaired) electrons. The van der Waals surface area contributed by atoms with Crippen molar-refractivity contribution in [2.24, 2.45) is 0 Å². The third-order valence-corrected chi connectivity index (χ3v) is 1.88. The van der Waals surface area contributed by atoms with Crippen molar-refractivity contribution >= 4 is 12.0 Å². The summed E-state index contributed by atoms with van der Waals surface area (Å²) < 4.78 is 18.1. The van der Waals surface area contributed by atoms with E-state index in [0.717, 1.165) is 12.2 Å². The van der Waals surface area contributed by atoms with Gasteiger partial charge in [0.1, 0.15) is 5.82 Å². The number of hydrogen-bond acceptors (Lipinski definition) is 4. The van der Waals surface area contributed by atoms with Gasteiger partial charge in [-0.05, 0) is 18.2 Å². The van der Waals surface area contributed by atoms with E-state index in [1.165, 1.54) is 18.2 Å². The fourth-order valence-electron chi connectivity index (χ4n) is 1.18. The molecule has 86 valence electrons. The fourth-order valence-corrected chi connectivity index (χ4v) is 1.18. The molecule has 2 rings (SSSR count). The Bertz CT molecular complexity index is 578. The predicted octanol–water partition coefficient (Wildman–Crippen LogP) is 1.97. The van der Waals surface area contributed by atoms with E-state index in [4.69, 9.17) is 9.52 Å². The average Bonchev–Trinajstić information content (AvgIpc) is 2.75. The molecule has 5 nitrogen and oxygen atoms in total.